The summed E-state index contributed by atoms with van der Waals surface area (Å²) >= 11 is 0. The number of amides is 1. The highest BCUT2D eigenvalue weighted by molar-refractivity contribution is 5.95. The van der Waals surface area contributed by atoms with E-state index in [0.717, 1.165) is 5.56 Å². The van der Waals surface area contributed by atoms with E-state index in [1.807, 2.05) is 0 Å². The maximum absolute atomic E-state index is 12.2. The van der Waals surface area contributed by atoms with Crippen LogP contribution in [0.25, 0.3) is 0 Å². The molecule has 0 unspecified atom stereocenters. The van der Waals surface area contributed by atoms with Crippen LogP contribution in [0.1, 0.15) is 11.1 Å². The van der Waals surface area contributed by atoms with E-state index < -0.39 is 17.4 Å². The van der Waals surface area contributed by atoms with Crippen molar-refractivity contribution in [3.63, 3.8) is 0 Å². The van der Waals surface area contributed by atoms with Gasteiger partial charge < -0.3 is 10.1 Å². The second-order valence-electron chi connectivity index (χ2n) is 5.97. The Hall–Kier alpha value is -3.07. The van der Waals surface area contributed by atoms with Gasteiger partial charge in [-0.2, -0.15) is 8.78 Å². The molecule has 0 radical (unpaired) electrons. The molecule has 0 atom stereocenters. The van der Waals surface area contributed by atoms with Crippen molar-refractivity contribution in [2.75, 3.05) is 18.9 Å². The molecule has 0 aliphatic rings. The summed E-state index contributed by atoms with van der Waals surface area (Å²) in [5.41, 5.74) is 1.40. The minimum atomic E-state index is -2.88. The zero-order chi connectivity index (χ0) is 20.0. The van der Waals surface area contributed by atoms with Crippen LogP contribution in [0.2, 0.25) is 0 Å². The van der Waals surface area contributed by atoms with Gasteiger partial charge in [0, 0.05) is 12.6 Å². The summed E-state index contributed by atoms with van der Waals surface area (Å²) in [6.45, 7) is -0.818. The Kier molecular flexibility index (Phi) is 6.78. The number of rotatable bonds is 8. The Labute approximate surface area is 154 Å². The number of benzene rings is 2. The molecule has 27 heavy (non-hydrogen) atoms. The first kappa shape index (κ1) is 20.2. The van der Waals surface area contributed by atoms with E-state index in [1.54, 1.807) is 43.1 Å². The van der Waals surface area contributed by atoms with E-state index >= 15 is 0 Å². The minimum Gasteiger partial charge on any atom is -0.435 e. The topological polar surface area (TPSA) is 84.7 Å². The molecule has 0 spiro atoms. The van der Waals surface area contributed by atoms with Crippen LogP contribution in [-0.2, 0) is 11.3 Å². The van der Waals surface area contributed by atoms with E-state index in [-0.39, 0.29) is 23.7 Å². The van der Waals surface area contributed by atoms with Crippen molar-refractivity contribution in [3.8, 4) is 5.75 Å². The molecule has 1 N–H and O–H groups in total. The van der Waals surface area contributed by atoms with Gasteiger partial charge in [-0.05, 0) is 37.2 Å². The Morgan fingerprint density at radius 3 is 2.52 bits per heavy atom. The van der Waals surface area contributed by atoms with Gasteiger partial charge in [-0.1, -0.05) is 24.3 Å². The standard InChI is InChI=1S/C18H19F2N3O4/c1-12-4-3-5-15(23(25)26)17(12)21-16(24)11-22(2)10-13-6-8-14(9-7-13)27-18(19)20/h3-9,18H,10-11H2,1-2H3,(H,21,24). The molecule has 1 amide bonds. The van der Waals surface area contributed by atoms with Gasteiger partial charge in [0.1, 0.15) is 11.4 Å². The van der Waals surface area contributed by atoms with Gasteiger partial charge in [0.25, 0.3) is 5.69 Å². The molecule has 9 heteroatoms. The van der Waals surface area contributed by atoms with Gasteiger partial charge in [0.2, 0.25) is 5.91 Å². The Balaban J connectivity index is 1.95. The summed E-state index contributed by atoms with van der Waals surface area (Å²) in [5, 5.41) is 13.7. The smallest absolute Gasteiger partial charge is 0.387 e. The lowest BCUT2D eigenvalue weighted by molar-refractivity contribution is -0.384. The summed E-state index contributed by atoms with van der Waals surface area (Å²) in [7, 11) is 1.70. The van der Waals surface area contributed by atoms with Crippen molar-refractivity contribution in [2.24, 2.45) is 0 Å². The predicted molar refractivity (Wildman–Crippen MR) is 95.9 cm³/mol. The maximum Gasteiger partial charge on any atom is 0.387 e. The van der Waals surface area contributed by atoms with Crippen molar-refractivity contribution >= 4 is 17.3 Å². The number of nitrogens with zero attached hydrogens (tertiary/aromatic N) is 2. The van der Waals surface area contributed by atoms with E-state index in [1.165, 1.54) is 18.2 Å². The summed E-state index contributed by atoms with van der Waals surface area (Å²) in [6.07, 6.45) is 0. The van der Waals surface area contributed by atoms with Crippen LogP contribution in [0.3, 0.4) is 0 Å². The number of alkyl halides is 2. The number of ether oxygens (including phenoxy) is 1. The third-order valence-electron chi connectivity index (χ3n) is 3.73. The van der Waals surface area contributed by atoms with Crippen LogP contribution in [-0.4, -0.2) is 35.9 Å². The van der Waals surface area contributed by atoms with Crippen LogP contribution < -0.4 is 10.1 Å². The molecule has 7 nitrogen and oxygen atoms in total. The van der Waals surface area contributed by atoms with Gasteiger partial charge >= 0.3 is 6.61 Å². The highest BCUT2D eigenvalue weighted by Gasteiger charge is 2.18. The molecular weight excluding hydrogens is 360 g/mol. The fourth-order valence-electron chi connectivity index (χ4n) is 2.54. The molecule has 2 aromatic rings. The van der Waals surface area contributed by atoms with Gasteiger partial charge in [-0.15, -0.1) is 0 Å². The summed E-state index contributed by atoms with van der Waals surface area (Å²) in [5.74, 6) is -0.339. The molecule has 2 aromatic carbocycles. The van der Waals surface area contributed by atoms with Crippen molar-refractivity contribution in [2.45, 2.75) is 20.1 Å². The third-order valence-corrected chi connectivity index (χ3v) is 3.73. The zero-order valence-corrected chi connectivity index (χ0v) is 14.8. The molecule has 0 aliphatic carbocycles. The molecule has 0 aromatic heterocycles. The number of nitrogens with one attached hydrogen (secondary N) is 1. The summed E-state index contributed by atoms with van der Waals surface area (Å²) in [6, 6.07) is 10.6. The van der Waals surface area contributed by atoms with Gasteiger partial charge in [-0.25, -0.2) is 0 Å². The van der Waals surface area contributed by atoms with Crippen molar-refractivity contribution < 1.29 is 23.2 Å². The number of nitro benzene ring substituents is 1. The lowest BCUT2D eigenvalue weighted by Gasteiger charge is -2.17. The minimum absolute atomic E-state index is 0.000768. The maximum atomic E-state index is 12.2. The summed E-state index contributed by atoms with van der Waals surface area (Å²) < 4.78 is 28.6. The van der Waals surface area contributed by atoms with Crippen molar-refractivity contribution in [3.05, 3.63) is 63.7 Å². The fourth-order valence-corrected chi connectivity index (χ4v) is 2.54. The predicted octanol–water partition coefficient (Wildman–Crippen LogP) is 3.58. The Morgan fingerprint density at radius 2 is 1.93 bits per heavy atom. The van der Waals surface area contributed by atoms with Crippen molar-refractivity contribution in [1.82, 2.24) is 4.90 Å². The second-order valence-corrected chi connectivity index (χ2v) is 5.97. The number of likely N-dealkylation sites (N-methyl/N-ethyl adjacent to an activating group) is 1. The van der Waals surface area contributed by atoms with Gasteiger partial charge in [0.15, 0.2) is 0 Å². The fraction of sp³-hybridized carbons (Fsp3) is 0.278. The molecule has 144 valence electrons. The average Bonchev–Trinajstić information content (AvgIpc) is 2.57. The normalized spacial score (nSPS) is 10.9. The largest absolute Gasteiger partial charge is 0.435 e. The van der Waals surface area contributed by atoms with E-state index in [0.29, 0.717) is 12.1 Å². The number of aryl methyl sites for hydroxylation is 1. The first-order valence-electron chi connectivity index (χ1n) is 8.02. The van der Waals surface area contributed by atoms with E-state index in [9.17, 15) is 23.7 Å². The number of anilines is 1. The molecular formula is C18H19F2N3O4. The molecule has 0 bridgehead atoms. The number of hydrogen-bond acceptors (Lipinski definition) is 5. The molecule has 0 fully saturated rings. The van der Waals surface area contributed by atoms with E-state index in [4.69, 9.17) is 0 Å². The highest BCUT2D eigenvalue weighted by Crippen LogP contribution is 2.27. The number of carbonyl (C=O) groups excluding carboxylic acids is 1. The number of nitro groups is 1. The van der Waals surface area contributed by atoms with Gasteiger partial charge in [-0.3, -0.25) is 19.8 Å². The van der Waals surface area contributed by atoms with Crippen molar-refractivity contribution in [1.29, 1.82) is 0 Å². The quantitative estimate of drug-likeness (QED) is 0.560. The number of para-hydroxylation sites is 1. The lowest BCUT2D eigenvalue weighted by Crippen LogP contribution is -2.30. The Morgan fingerprint density at radius 1 is 1.26 bits per heavy atom. The molecule has 0 saturated heterocycles. The highest BCUT2D eigenvalue weighted by atomic mass is 19.3. The van der Waals surface area contributed by atoms with Crippen LogP contribution >= 0.6 is 0 Å². The summed E-state index contributed by atoms with van der Waals surface area (Å²) in [4.78, 5) is 24.5. The monoisotopic (exact) mass is 379 g/mol. The molecule has 2 rings (SSSR count). The lowest BCUT2D eigenvalue weighted by atomic mass is 10.1. The van der Waals surface area contributed by atoms with Crippen LogP contribution in [0.15, 0.2) is 42.5 Å². The SMILES string of the molecule is Cc1cccc([N+](=O)[O-])c1NC(=O)CN(C)Cc1ccc(OC(F)F)cc1. The van der Waals surface area contributed by atoms with Gasteiger partial charge in [0.05, 0.1) is 11.5 Å². The number of halogens is 2. The van der Waals surface area contributed by atoms with Crippen LogP contribution in [0.4, 0.5) is 20.2 Å². The Bertz CT molecular complexity index is 813. The van der Waals surface area contributed by atoms with Crippen LogP contribution in [0.5, 0.6) is 5.75 Å². The first-order chi connectivity index (χ1) is 12.8. The second kappa shape index (κ2) is 9.04. The first-order valence-corrected chi connectivity index (χ1v) is 8.02. The average molecular weight is 379 g/mol. The van der Waals surface area contributed by atoms with Crippen LogP contribution in [0, 0.1) is 17.0 Å². The molecule has 0 aliphatic heterocycles. The number of hydrogen-bond donors (Lipinski definition) is 1. The zero-order valence-electron chi connectivity index (χ0n) is 14.8. The number of carbonyl (C=O) groups is 1. The molecule has 0 saturated carbocycles. The molecule has 0 heterocycles. The third kappa shape index (κ3) is 6.00. The van der Waals surface area contributed by atoms with E-state index in [2.05, 4.69) is 10.1 Å².